The summed E-state index contributed by atoms with van der Waals surface area (Å²) in [6.07, 6.45) is 10.7. The molecule has 0 saturated heterocycles. The second-order valence-electron chi connectivity index (χ2n) is 6.96. The molecule has 1 aliphatic carbocycles. The van der Waals surface area contributed by atoms with Crippen molar-refractivity contribution >= 4 is 28.4 Å². The molecule has 0 bridgehead atoms. The van der Waals surface area contributed by atoms with Crippen molar-refractivity contribution in [2.24, 2.45) is 0 Å². The van der Waals surface area contributed by atoms with Crippen LogP contribution in [0.15, 0.2) is 35.6 Å². The van der Waals surface area contributed by atoms with Crippen molar-refractivity contribution < 1.29 is 4.39 Å². The zero-order valence-electron chi connectivity index (χ0n) is 15.5. The zero-order chi connectivity index (χ0) is 18.6. The Kier molecular flexibility index (Phi) is 5.57. The van der Waals surface area contributed by atoms with E-state index in [1.165, 1.54) is 37.8 Å². The summed E-state index contributed by atoms with van der Waals surface area (Å²) in [7, 11) is 0. The first-order valence-electron chi connectivity index (χ1n) is 9.52. The minimum Gasteiger partial charge on any atom is -0.384 e. The predicted octanol–water partition coefficient (Wildman–Crippen LogP) is 4.85. The third-order valence-electron chi connectivity index (χ3n) is 5.20. The molecule has 0 amide bonds. The number of pyridine rings is 1. The number of halogens is 1. The van der Waals surface area contributed by atoms with Crippen molar-refractivity contribution in [1.29, 1.82) is 0 Å². The van der Waals surface area contributed by atoms with Crippen molar-refractivity contribution in [2.45, 2.75) is 49.7 Å². The van der Waals surface area contributed by atoms with Crippen molar-refractivity contribution in [3.8, 4) is 0 Å². The maximum Gasteiger partial charge on any atom is 0.191 e. The number of benzene rings is 1. The zero-order valence-corrected chi connectivity index (χ0v) is 16.3. The van der Waals surface area contributed by atoms with Crippen LogP contribution in [0.2, 0.25) is 0 Å². The number of hydrogen-bond acceptors (Lipinski definition) is 5. The molecule has 5 nitrogen and oxygen atoms in total. The molecule has 2 aromatic heterocycles. The van der Waals surface area contributed by atoms with Gasteiger partial charge in [-0.25, -0.2) is 4.39 Å². The van der Waals surface area contributed by atoms with E-state index in [0.717, 1.165) is 41.4 Å². The summed E-state index contributed by atoms with van der Waals surface area (Å²) in [5.41, 5.74) is 1.66. The molecular formula is C20H24FN5S. The third kappa shape index (κ3) is 3.93. The molecule has 1 N–H and O–H groups in total. The smallest absolute Gasteiger partial charge is 0.191 e. The molecule has 1 aromatic carbocycles. The Morgan fingerprint density at radius 1 is 1.22 bits per heavy atom. The van der Waals surface area contributed by atoms with Gasteiger partial charge < -0.3 is 9.88 Å². The number of fused-ring (bicyclic) bond motifs is 1. The lowest BCUT2D eigenvalue weighted by Crippen LogP contribution is -2.12. The van der Waals surface area contributed by atoms with Gasteiger partial charge in [0.2, 0.25) is 0 Å². The van der Waals surface area contributed by atoms with Crippen LogP contribution in [0.3, 0.4) is 0 Å². The van der Waals surface area contributed by atoms with Gasteiger partial charge in [0.05, 0.1) is 5.52 Å². The average molecular weight is 386 g/mol. The maximum atomic E-state index is 13.4. The number of hydrogen-bond donors (Lipinski definition) is 1. The molecule has 0 radical (unpaired) electrons. The quantitative estimate of drug-likeness (QED) is 0.465. The molecule has 0 spiro atoms. The summed E-state index contributed by atoms with van der Waals surface area (Å²) >= 11 is 1.68. The van der Waals surface area contributed by atoms with Crippen LogP contribution < -0.4 is 5.32 Å². The third-order valence-corrected chi connectivity index (χ3v) is 5.85. The van der Waals surface area contributed by atoms with Crippen LogP contribution in [0, 0.1) is 5.82 Å². The Balaban J connectivity index is 1.40. The molecule has 1 saturated carbocycles. The number of anilines is 1. The highest BCUT2D eigenvalue weighted by Gasteiger charge is 2.23. The lowest BCUT2D eigenvalue weighted by Gasteiger charge is -2.16. The molecule has 0 aliphatic heterocycles. The van der Waals surface area contributed by atoms with Crippen LogP contribution in [0.25, 0.3) is 10.9 Å². The highest BCUT2D eigenvalue weighted by molar-refractivity contribution is 7.98. The van der Waals surface area contributed by atoms with Gasteiger partial charge in [-0.2, -0.15) is 0 Å². The summed E-state index contributed by atoms with van der Waals surface area (Å²) in [5.74, 6) is 0.831. The molecule has 0 unspecified atom stereocenters. The Labute approximate surface area is 162 Å². The summed E-state index contributed by atoms with van der Waals surface area (Å²) < 4.78 is 15.7. The van der Waals surface area contributed by atoms with Crippen molar-refractivity contribution in [3.63, 3.8) is 0 Å². The molecular weight excluding hydrogens is 361 g/mol. The van der Waals surface area contributed by atoms with Crippen LogP contribution in [0.1, 0.15) is 44.0 Å². The monoisotopic (exact) mass is 385 g/mol. The van der Waals surface area contributed by atoms with E-state index < -0.39 is 0 Å². The van der Waals surface area contributed by atoms with Gasteiger partial charge in [-0.05, 0) is 43.7 Å². The fourth-order valence-corrected chi connectivity index (χ4v) is 4.46. The fraction of sp³-hybridized carbons (Fsp3) is 0.450. The van der Waals surface area contributed by atoms with Crippen LogP contribution in [-0.2, 0) is 6.42 Å². The minimum atomic E-state index is -0.261. The van der Waals surface area contributed by atoms with Gasteiger partial charge in [0.1, 0.15) is 11.6 Å². The highest BCUT2D eigenvalue weighted by Crippen LogP contribution is 2.33. The highest BCUT2D eigenvalue weighted by atomic mass is 32.2. The van der Waals surface area contributed by atoms with E-state index in [1.54, 1.807) is 24.0 Å². The standard InChI is InChI=1S/C20H24FN5S/c1-27-20-25-24-19(26(20)15-5-2-3-6-15)7-4-11-22-17-10-12-23-18-13-14(21)8-9-16(17)18/h8-10,12-13,15H,2-7,11H2,1H3,(H,22,23). The van der Waals surface area contributed by atoms with Crippen LogP contribution in [0.5, 0.6) is 0 Å². The van der Waals surface area contributed by atoms with Crippen LogP contribution in [0.4, 0.5) is 10.1 Å². The van der Waals surface area contributed by atoms with Crippen LogP contribution >= 0.6 is 11.8 Å². The van der Waals surface area contributed by atoms with E-state index in [0.29, 0.717) is 11.6 Å². The van der Waals surface area contributed by atoms with Crippen molar-refractivity contribution in [1.82, 2.24) is 19.7 Å². The number of nitrogens with zero attached hydrogens (tertiary/aromatic N) is 4. The van der Waals surface area contributed by atoms with E-state index in [9.17, 15) is 4.39 Å². The predicted molar refractivity (Wildman–Crippen MR) is 108 cm³/mol. The molecule has 1 fully saturated rings. The SMILES string of the molecule is CSc1nnc(CCCNc2ccnc3cc(F)ccc23)n1C1CCCC1. The summed E-state index contributed by atoms with van der Waals surface area (Å²) in [6.45, 7) is 0.822. The van der Waals surface area contributed by atoms with E-state index in [4.69, 9.17) is 0 Å². The first-order chi connectivity index (χ1) is 13.3. The first-order valence-corrected chi connectivity index (χ1v) is 10.7. The van der Waals surface area contributed by atoms with Gasteiger partial charge in [0, 0.05) is 42.3 Å². The molecule has 142 valence electrons. The fourth-order valence-electron chi connectivity index (χ4n) is 3.89. The van der Waals surface area contributed by atoms with Gasteiger partial charge in [-0.1, -0.05) is 24.6 Å². The molecule has 27 heavy (non-hydrogen) atoms. The number of aromatic nitrogens is 4. The maximum absolute atomic E-state index is 13.4. The lowest BCUT2D eigenvalue weighted by molar-refractivity contribution is 0.461. The molecule has 1 aliphatic rings. The van der Waals surface area contributed by atoms with Crippen LogP contribution in [-0.4, -0.2) is 32.5 Å². The Morgan fingerprint density at radius 2 is 2.07 bits per heavy atom. The lowest BCUT2D eigenvalue weighted by atomic mass is 10.1. The number of aryl methyl sites for hydroxylation is 1. The molecule has 7 heteroatoms. The largest absolute Gasteiger partial charge is 0.384 e. The first kappa shape index (κ1) is 18.2. The summed E-state index contributed by atoms with van der Waals surface area (Å²) in [5, 5.41) is 14.3. The normalized spacial score (nSPS) is 14.9. The Bertz CT molecular complexity index is 920. The van der Waals surface area contributed by atoms with Crippen molar-refractivity contribution in [3.05, 3.63) is 42.1 Å². The number of nitrogens with one attached hydrogen (secondary N) is 1. The molecule has 3 aromatic rings. The van der Waals surface area contributed by atoms with E-state index in [-0.39, 0.29) is 5.82 Å². The Hall–Kier alpha value is -2.15. The van der Waals surface area contributed by atoms with E-state index in [1.807, 2.05) is 6.07 Å². The minimum absolute atomic E-state index is 0.261. The molecule has 2 heterocycles. The van der Waals surface area contributed by atoms with Gasteiger partial charge in [-0.15, -0.1) is 10.2 Å². The van der Waals surface area contributed by atoms with Gasteiger partial charge in [0.15, 0.2) is 5.16 Å². The van der Waals surface area contributed by atoms with Gasteiger partial charge in [0.25, 0.3) is 0 Å². The Morgan fingerprint density at radius 3 is 2.89 bits per heavy atom. The second-order valence-corrected chi connectivity index (χ2v) is 7.73. The summed E-state index contributed by atoms with van der Waals surface area (Å²) in [4.78, 5) is 4.24. The van der Waals surface area contributed by atoms with E-state index >= 15 is 0 Å². The number of rotatable bonds is 7. The van der Waals surface area contributed by atoms with Crippen molar-refractivity contribution in [2.75, 3.05) is 18.1 Å². The summed E-state index contributed by atoms with van der Waals surface area (Å²) in [6, 6.07) is 7.22. The van der Waals surface area contributed by atoms with E-state index in [2.05, 4.69) is 31.3 Å². The second kappa shape index (κ2) is 8.25. The van der Waals surface area contributed by atoms with Gasteiger partial charge in [-0.3, -0.25) is 4.98 Å². The molecule has 4 rings (SSSR count). The topological polar surface area (TPSA) is 55.6 Å². The number of thioether (sulfide) groups is 1. The van der Waals surface area contributed by atoms with Gasteiger partial charge >= 0.3 is 0 Å². The molecule has 0 atom stereocenters. The average Bonchev–Trinajstić information content (AvgIpc) is 3.34.